The quantitative estimate of drug-likeness (QED) is 0.514. The highest BCUT2D eigenvalue weighted by molar-refractivity contribution is 5.78. The molecule has 0 aliphatic rings. The van der Waals surface area contributed by atoms with Gasteiger partial charge in [0.05, 0.1) is 13.2 Å². The van der Waals surface area contributed by atoms with Crippen molar-refractivity contribution in [2.45, 2.75) is 46.1 Å². The maximum atomic E-state index is 11.4. The molecule has 2 N–H and O–H groups in total. The van der Waals surface area contributed by atoms with Crippen LogP contribution in [0.15, 0.2) is 0 Å². The highest BCUT2D eigenvalue weighted by Gasteiger charge is 2.10. The van der Waals surface area contributed by atoms with E-state index in [9.17, 15) is 9.59 Å². The summed E-state index contributed by atoms with van der Waals surface area (Å²) in [6, 6.07) is 0. The molecule has 100 valence electrons. The van der Waals surface area contributed by atoms with E-state index in [1.165, 1.54) is 0 Å². The summed E-state index contributed by atoms with van der Waals surface area (Å²) in [6.45, 7) is 8.98. The number of hydrogen-bond donors (Lipinski definition) is 2. The molecule has 0 bridgehead atoms. The van der Waals surface area contributed by atoms with Crippen LogP contribution in [0.3, 0.4) is 0 Å². The van der Waals surface area contributed by atoms with E-state index < -0.39 is 0 Å². The molecule has 1 amide bonds. The zero-order chi connectivity index (χ0) is 13.3. The van der Waals surface area contributed by atoms with Crippen LogP contribution in [0.2, 0.25) is 0 Å². The van der Waals surface area contributed by atoms with Gasteiger partial charge in [-0.15, -0.1) is 0 Å². The van der Waals surface area contributed by atoms with Gasteiger partial charge >= 0.3 is 5.97 Å². The molecule has 5 heteroatoms. The smallest absolute Gasteiger partial charge is 0.305 e. The van der Waals surface area contributed by atoms with E-state index >= 15 is 0 Å². The van der Waals surface area contributed by atoms with Crippen molar-refractivity contribution in [3.05, 3.63) is 0 Å². The van der Waals surface area contributed by atoms with Gasteiger partial charge in [0.2, 0.25) is 5.91 Å². The third kappa shape index (κ3) is 11.2. The Hall–Kier alpha value is -1.10. The van der Waals surface area contributed by atoms with Crippen LogP contribution < -0.4 is 10.6 Å². The first-order chi connectivity index (χ1) is 7.85. The SMILES string of the molecule is CCOC(=O)CCCNC(=O)CNC(C)(C)C. The van der Waals surface area contributed by atoms with E-state index in [1.807, 2.05) is 20.8 Å². The van der Waals surface area contributed by atoms with Crippen molar-refractivity contribution in [2.24, 2.45) is 0 Å². The van der Waals surface area contributed by atoms with E-state index in [0.29, 0.717) is 32.5 Å². The first-order valence-corrected chi connectivity index (χ1v) is 6.02. The van der Waals surface area contributed by atoms with E-state index in [0.717, 1.165) is 0 Å². The Balaban J connectivity index is 3.49. The minimum absolute atomic E-state index is 0.0521. The summed E-state index contributed by atoms with van der Waals surface area (Å²) < 4.78 is 4.78. The van der Waals surface area contributed by atoms with Crippen LogP contribution in [0.5, 0.6) is 0 Å². The fourth-order valence-corrected chi connectivity index (χ4v) is 1.10. The van der Waals surface area contributed by atoms with Gasteiger partial charge < -0.3 is 15.4 Å². The lowest BCUT2D eigenvalue weighted by Gasteiger charge is -2.19. The number of hydrogen-bond acceptors (Lipinski definition) is 4. The highest BCUT2D eigenvalue weighted by atomic mass is 16.5. The predicted molar refractivity (Wildman–Crippen MR) is 66.6 cm³/mol. The number of amides is 1. The molecule has 0 aliphatic carbocycles. The zero-order valence-corrected chi connectivity index (χ0v) is 11.3. The summed E-state index contributed by atoms with van der Waals surface area (Å²) in [7, 11) is 0. The van der Waals surface area contributed by atoms with Crippen LogP contribution in [0, 0.1) is 0 Å². The summed E-state index contributed by atoms with van der Waals surface area (Å²) >= 11 is 0. The van der Waals surface area contributed by atoms with Crippen LogP contribution in [0.25, 0.3) is 0 Å². The fourth-order valence-electron chi connectivity index (χ4n) is 1.10. The minimum Gasteiger partial charge on any atom is -0.466 e. The Bertz CT molecular complexity index is 247. The lowest BCUT2D eigenvalue weighted by molar-refractivity contribution is -0.143. The first-order valence-electron chi connectivity index (χ1n) is 6.02. The van der Waals surface area contributed by atoms with E-state index in [-0.39, 0.29) is 17.4 Å². The van der Waals surface area contributed by atoms with Crippen molar-refractivity contribution in [3.8, 4) is 0 Å². The maximum Gasteiger partial charge on any atom is 0.305 e. The van der Waals surface area contributed by atoms with Gasteiger partial charge in [-0.2, -0.15) is 0 Å². The van der Waals surface area contributed by atoms with Gasteiger partial charge in [0.1, 0.15) is 0 Å². The van der Waals surface area contributed by atoms with E-state index in [2.05, 4.69) is 10.6 Å². The van der Waals surface area contributed by atoms with Gasteiger partial charge in [0.25, 0.3) is 0 Å². The molecule has 0 aromatic rings. The zero-order valence-electron chi connectivity index (χ0n) is 11.3. The van der Waals surface area contributed by atoms with Crippen LogP contribution >= 0.6 is 0 Å². The number of carbonyl (C=O) groups is 2. The molecule has 0 rings (SSSR count). The summed E-state index contributed by atoms with van der Waals surface area (Å²) in [5, 5.41) is 5.83. The van der Waals surface area contributed by atoms with E-state index in [1.54, 1.807) is 6.92 Å². The largest absolute Gasteiger partial charge is 0.466 e. The minimum atomic E-state index is -0.213. The Kier molecular flexibility index (Phi) is 7.54. The topological polar surface area (TPSA) is 67.4 Å². The number of rotatable bonds is 7. The number of carbonyl (C=O) groups excluding carboxylic acids is 2. The molecule has 0 saturated heterocycles. The third-order valence-corrected chi connectivity index (χ3v) is 1.96. The van der Waals surface area contributed by atoms with Crippen molar-refractivity contribution in [2.75, 3.05) is 19.7 Å². The van der Waals surface area contributed by atoms with Crippen LogP contribution in [-0.2, 0) is 14.3 Å². The van der Waals surface area contributed by atoms with Crippen molar-refractivity contribution < 1.29 is 14.3 Å². The molecule has 0 atom stereocenters. The summed E-state index contributed by atoms with van der Waals surface area (Å²) in [5.74, 6) is -0.265. The molecule has 0 fully saturated rings. The van der Waals surface area contributed by atoms with Crippen molar-refractivity contribution in [3.63, 3.8) is 0 Å². The van der Waals surface area contributed by atoms with Crippen LogP contribution in [-0.4, -0.2) is 37.1 Å². The molecule has 5 nitrogen and oxygen atoms in total. The van der Waals surface area contributed by atoms with Crippen molar-refractivity contribution in [1.29, 1.82) is 0 Å². The summed E-state index contributed by atoms with van der Waals surface area (Å²) in [6.07, 6.45) is 0.959. The second kappa shape index (κ2) is 8.06. The molecular formula is C12H24N2O3. The number of esters is 1. The monoisotopic (exact) mass is 244 g/mol. The average Bonchev–Trinajstić information content (AvgIpc) is 2.21. The lowest BCUT2D eigenvalue weighted by atomic mass is 10.1. The fraction of sp³-hybridized carbons (Fsp3) is 0.833. The molecule has 0 spiro atoms. The third-order valence-electron chi connectivity index (χ3n) is 1.96. The highest BCUT2D eigenvalue weighted by Crippen LogP contribution is 1.96. The molecular weight excluding hydrogens is 220 g/mol. The Morgan fingerprint density at radius 2 is 1.88 bits per heavy atom. The normalized spacial score (nSPS) is 11.1. The Morgan fingerprint density at radius 1 is 1.24 bits per heavy atom. The Labute approximate surface area is 103 Å². The standard InChI is InChI=1S/C12H24N2O3/c1-5-17-11(16)7-6-8-13-10(15)9-14-12(2,3)4/h14H,5-9H2,1-4H3,(H,13,15). The van der Waals surface area contributed by atoms with Gasteiger partial charge in [0.15, 0.2) is 0 Å². The van der Waals surface area contributed by atoms with Gasteiger partial charge in [-0.05, 0) is 34.1 Å². The Morgan fingerprint density at radius 3 is 2.41 bits per heavy atom. The molecule has 0 aromatic heterocycles. The molecule has 17 heavy (non-hydrogen) atoms. The molecule has 0 unspecified atom stereocenters. The average molecular weight is 244 g/mol. The van der Waals surface area contributed by atoms with Crippen LogP contribution in [0.1, 0.15) is 40.5 Å². The van der Waals surface area contributed by atoms with Crippen molar-refractivity contribution in [1.82, 2.24) is 10.6 Å². The molecule has 0 aliphatic heterocycles. The molecule has 0 saturated carbocycles. The molecule has 0 radical (unpaired) electrons. The van der Waals surface area contributed by atoms with Crippen LogP contribution in [0.4, 0.5) is 0 Å². The van der Waals surface area contributed by atoms with Gasteiger partial charge in [-0.25, -0.2) is 0 Å². The number of ether oxygens (including phenoxy) is 1. The second-order valence-electron chi connectivity index (χ2n) is 4.86. The van der Waals surface area contributed by atoms with Gasteiger partial charge in [-0.3, -0.25) is 9.59 Å². The van der Waals surface area contributed by atoms with Crippen molar-refractivity contribution >= 4 is 11.9 Å². The molecule has 0 heterocycles. The van der Waals surface area contributed by atoms with E-state index in [4.69, 9.17) is 4.74 Å². The second-order valence-corrected chi connectivity index (χ2v) is 4.86. The van der Waals surface area contributed by atoms with Gasteiger partial charge in [-0.1, -0.05) is 0 Å². The summed E-state index contributed by atoms with van der Waals surface area (Å²) in [4.78, 5) is 22.4. The maximum absolute atomic E-state index is 11.4. The number of nitrogens with one attached hydrogen (secondary N) is 2. The predicted octanol–water partition coefficient (Wildman–Crippen LogP) is 0.834. The van der Waals surface area contributed by atoms with Gasteiger partial charge in [0, 0.05) is 18.5 Å². The lowest BCUT2D eigenvalue weighted by Crippen LogP contribution is -2.43. The summed E-state index contributed by atoms with van der Waals surface area (Å²) in [5.41, 5.74) is -0.0672. The first kappa shape index (κ1) is 15.9. The molecule has 0 aromatic carbocycles.